The molecule has 1 aromatic carbocycles. The minimum absolute atomic E-state index is 0.0262. The summed E-state index contributed by atoms with van der Waals surface area (Å²) in [5.74, 6) is 5.88. The Labute approximate surface area is 122 Å². The van der Waals surface area contributed by atoms with Gasteiger partial charge in [0.05, 0.1) is 6.61 Å². The van der Waals surface area contributed by atoms with Crippen molar-refractivity contribution in [3.05, 3.63) is 41.2 Å². The van der Waals surface area contributed by atoms with Gasteiger partial charge >= 0.3 is 0 Å². The highest BCUT2D eigenvalue weighted by molar-refractivity contribution is 6.04. The van der Waals surface area contributed by atoms with Crippen LogP contribution in [-0.4, -0.2) is 32.4 Å². The first-order valence-corrected chi connectivity index (χ1v) is 6.47. The van der Waals surface area contributed by atoms with Crippen molar-refractivity contribution in [2.24, 2.45) is 7.05 Å². The number of nitrogens with one attached hydrogen (secondary N) is 1. The zero-order chi connectivity index (χ0) is 15.2. The van der Waals surface area contributed by atoms with Gasteiger partial charge in [-0.3, -0.25) is 10.1 Å². The van der Waals surface area contributed by atoms with E-state index in [1.165, 1.54) is 11.0 Å². The molecule has 0 unspecified atom stereocenters. The predicted molar refractivity (Wildman–Crippen MR) is 78.7 cm³/mol. The molecular weight excluding hydrogens is 268 g/mol. The monoisotopic (exact) mass is 284 g/mol. The van der Waals surface area contributed by atoms with Crippen molar-refractivity contribution in [3.63, 3.8) is 0 Å². The second-order valence-corrected chi connectivity index (χ2v) is 4.47. The van der Waals surface area contributed by atoms with Crippen molar-refractivity contribution < 1.29 is 9.90 Å². The van der Waals surface area contributed by atoms with Crippen LogP contribution in [0.2, 0.25) is 0 Å². The Morgan fingerprint density at radius 2 is 2.29 bits per heavy atom. The number of amides is 1. The largest absolute Gasteiger partial charge is 0.395 e. The van der Waals surface area contributed by atoms with Crippen molar-refractivity contribution in [2.75, 3.05) is 11.9 Å². The fraction of sp³-hybridized carbons (Fsp3) is 0.267. The van der Waals surface area contributed by atoms with Crippen LogP contribution in [0.5, 0.6) is 0 Å². The average molecular weight is 284 g/mol. The van der Waals surface area contributed by atoms with Crippen molar-refractivity contribution >= 4 is 11.9 Å². The van der Waals surface area contributed by atoms with Crippen LogP contribution in [0, 0.1) is 18.8 Å². The molecule has 21 heavy (non-hydrogen) atoms. The highest BCUT2D eigenvalue weighted by Gasteiger charge is 2.12. The van der Waals surface area contributed by atoms with Crippen LogP contribution in [0.4, 0.5) is 5.95 Å². The molecule has 0 aliphatic rings. The predicted octanol–water partition coefficient (Wildman–Crippen LogP) is 1.11. The first-order chi connectivity index (χ1) is 10.1. The number of rotatable bonds is 3. The minimum Gasteiger partial charge on any atom is -0.395 e. The lowest BCUT2D eigenvalue weighted by Gasteiger charge is -2.07. The van der Waals surface area contributed by atoms with Crippen LogP contribution < -0.4 is 5.32 Å². The summed E-state index contributed by atoms with van der Waals surface area (Å²) in [4.78, 5) is 16.2. The number of anilines is 1. The average Bonchev–Trinajstić information content (AvgIpc) is 2.86. The Kier molecular flexibility index (Phi) is 4.69. The van der Waals surface area contributed by atoms with Gasteiger partial charge in [0.25, 0.3) is 5.91 Å². The summed E-state index contributed by atoms with van der Waals surface area (Å²) >= 11 is 0. The lowest BCUT2D eigenvalue weighted by molar-refractivity contribution is 0.102. The Morgan fingerprint density at radius 1 is 1.48 bits per heavy atom. The molecule has 0 saturated heterocycles. The van der Waals surface area contributed by atoms with Crippen LogP contribution in [0.3, 0.4) is 0 Å². The Hall–Kier alpha value is -2.65. The minimum atomic E-state index is -0.255. The molecule has 0 fully saturated rings. The normalized spacial score (nSPS) is 9.86. The van der Waals surface area contributed by atoms with Gasteiger partial charge in [0.1, 0.15) is 6.33 Å². The fourth-order valence-corrected chi connectivity index (χ4v) is 1.74. The van der Waals surface area contributed by atoms with Gasteiger partial charge in [-0.05, 0) is 24.6 Å². The molecule has 0 atom stereocenters. The molecule has 0 aliphatic heterocycles. The third-order valence-electron chi connectivity index (χ3n) is 2.89. The third-order valence-corrected chi connectivity index (χ3v) is 2.89. The van der Waals surface area contributed by atoms with Gasteiger partial charge < -0.3 is 5.11 Å². The van der Waals surface area contributed by atoms with Crippen LogP contribution >= 0.6 is 0 Å². The van der Waals surface area contributed by atoms with Gasteiger partial charge in [-0.1, -0.05) is 17.9 Å². The van der Waals surface area contributed by atoms with Gasteiger partial charge in [-0.25, -0.2) is 4.68 Å². The van der Waals surface area contributed by atoms with Crippen LogP contribution in [0.25, 0.3) is 0 Å². The summed E-state index contributed by atoms with van der Waals surface area (Å²) in [6, 6.07) is 5.42. The van der Waals surface area contributed by atoms with Gasteiger partial charge in [-0.2, -0.15) is 10.1 Å². The van der Waals surface area contributed by atoms with Crippen molar-refractivity contribution in [1.29, 1.82) is 0 Å². The van der Waals surface area contributed by atoms with Crippen molar-refractivity contribution in [1.82, 2.24) is 14.8 Å². The molecular formula is C15H16N4O2. The number of carbonyl (C=O) groups excluding carboxylic acids is 1. The van der Waals surface area contributed by atoms with Gasteiger partial charge in [-0.15, -0.1) is 0 Å². The van der Waals surface area contributed by atoms with E-state index >= 15 is 0 Å². The fourth-order valence-electron chi connectivity index (χ4n) is 1.74. The van der Waals surface area contributed by atoms with Gasteiger partial charge in [0.15, 0.2) is 0 Å². The van der Waals surface area contributed by atoms with E-state index in [1.807, 2.05) is 19.1 Å². The number of carbonyl (C=O) groups is 1. The van der Waals surface area contributed by atoms with E-state index in [1.54, 1.807) is 13.1 Å². The highest BCUT2D eigenvalue weighted by Crippen LogP contribution is 2.13. The molecule has 0 radical (unpaired) electrons. The van der Waals surface area contributed by atoms with E-state index in [4.69, 9.17) is 5.11 Å². The summed E-state index contributed by atoms with van der Waals surface area (Å²) < 4.78 is 1.48. The van der Waals surface area contributed by atoms with Crippen molar-refractivity contribution in [3.8, 4) is 11.8 Å². The number of aromatic nitrogens is 3. The molecule has 1 heterocycles. The first kappa shape index (κ1) is 14.8. The standard InChI is InChI=1S/C15H16N4O2/c1-11-6-7-12(5-3-4-8-20)9-13(11)14(21)18-15-16-10-17-19(15)2/h6-7,9-10,20H,4,8H2,1-2H3,(H,16,17,18,21). The number of benzene rings is 1. The lowest BCUT2D eigenvalue weighted by atomic mass is 10.0. The van der Waals surface area contributed by atoms with Gasteiger partial charge in [0.2, 0.25) is 5.95 Å². The number of aliphatic hydroxyl groups is 1. The molecule has 2 N–H and O–H groups in total. The maximum absolute atomic E-state index is 12.3. The van der Waals surface area contributed by atoms with Crippen LogP contribution in [-0.2, 0) is 7.05 Å². The Morgan fingerprint density at radius 3 is 2.95 bits per heavy atom. The molecule has 1 amide bonds. The summed E-state index contributed by atoms with van der Waals surface area (Å²) in [5.41, 5.74) is 2.12. The molecule has 0 saturated carbocycles. The van der Waals surface area contributed by atoms with Crippen molar-refractivity contribution in [2.45, 2.75) is 13.3 Å². The number of hydrogen-bond donors (Lipinski definition) is 2. The Balaban J connectivity index is 2.22. The first-order valence-electron chi connectivity index (χ1n) is 6.47. The molecule has 108 valence electrons. The van der Waals surface area contributed by atoms with E-state index in [2.05, 4.69) is 27.2 Å². The molecule has 6 nitrogen and oxygen atoms in total. The molecule has 2 aromatic rings. The lowest BCUT2D eigenvalue weighted by Crippen LogP contribution is -2.16. The van der Waals surface area contributed by atoms with Crippen LogP contribution in [0.1, 0.15) is 27.9 Å². The number of nitrogens with zero attached hydrogens (tertiary/aromatic N) is 3. The van der Waals surface area contributed by atoms with E-state index in [0.717, 1.165) is 11.1 Å². The van der Waals surface area contributed by atoms with E-state index in [0.29, 0.717) is 17.9 Å². The molecule has 0 bridgehead atoms. The summed E-state index contributed by atoms with van der Waals surface area (Å²) in [6.07, 6.45) is 1.79. The topological polar surface area (TPSA) is 80.0 Å². The number of aliphatic hydroxyl groups excluding tert-OH is 1. The zero-order valence-electron chi connectivity index (χ0n) is 11.9. The maximum atomic E-state index is 12.3. The third kappa shape index (κ3) is 3.68. The van der Waals surface area contributed by atoms with E-state index in [-0.39, 0.29) is 12.5 Å². The Bertz CT molecular complexity index is 710. The quantitative estimate of drug-likeness (QED) is 0.827. The molecule has 0 aliphatic carbocycles. The second kappa shape index (κ2) is 6.68. The maximum Gasteiger partial charge on any atom is 0.258 e. The SMILES string of the molecule is Cc1ccc(C#CCCO)cc1C(=O)Nc1ncnn1C. The molecule has 1 aromatic heterocycles. The summed E-state index contributed by atoms with van der Waals surface area (Å²) in [5, 5.41) is 15.3. The molecule has 0 spiro atoms. The summed E-state index contributed by atoms with van der Waals surface area (Å²) in [7, 11) is 1.70. The molecule has 6 heteroatoms. The molecule has 2 rings (SSSR count). The van der Waals surface area contributed by atoms with E-state index < -0.39 is 0 Å². The smallest absolute Gasteiger partial charge is 0.258 e. The second-order valence-electron chi connectivity index (χ2n) is 4.47. The number of hydrogen-bond acceptors (Lipinski definition) is 4. The van der Waals surface area contributed by atoms with Crippen LogP contribution in [0.15, 0.2) is 24.5 Å². The summed E-state index contributed by atoms with van der Waals surface area (Å²) in [6.45, 7) is 1.88. The number of aryl methyl sites for hydroxylation is 2. The van der Waals surface area contributed by atoms with Gasteiger partial charge in [0, 0.05) is 24.6 Å². The highest BCUT2D eigenvalue weighted by atomic mass is 16.2. The van der Waals surface area contributed by atoms with E-state index in [9.17, 15) is 4.79 Å². The zero-order valence-corrected chi connectivity index (χ0v) is 11.9.